The zero-order valence-electron chi connectivity index (χ0n) is 15.9. The van der Waals surface area contributed by atoms with Gasteiger partial charge >= 0.3 is 5.97 Å². The lowest BCUT2D eigenvalue weighted by molar-refractivity contribution is -0.144. The molecule has 7 heteroatoms. The van der Waals surface area contributed by atoms with E-state index >= 15 is 0 Å². The second-order valence-electron chi connectivity index (χ2n) is 7.76. The lowest BCUT2D eigenvalue weighted by Crippen LogP contribution is -2.50. The van der Waals surface area contributed by atoms with Crippen molar-refractivity contribution in [2.75, 3.05) is 6.54 Å². The number of carbonyl (C=O) groups excluding carboxylic acids is 1. The van der Waals surface area contributed by atoms with E-state index in [-0.39, 0.29) is 23.1 Å². The topological polar surface area (TPSA) is 92.5 Å². The third-order valence-corrected chi connectivity index (χ3v) is 5.02. The van der Waals surface area contributed by atoms with Crippen molar-refractivity contribution < 1.29 is 14.7 Å². The average Bonchev–Trinajstić information content (AvgIpc) is 2.63. The number of carboxylic acids is 1. The maximum absolute atomic E-state index is 13.3. The summed E-state index contributed by atoms with van der Waals surface area (Å²) in [5.74, 6) is -1.01. The van der Waals surface area contributed by atoms with Crippen molar-refractivity contribution in [2.45, 2.75) is 46.2 Å². The van der Waals surface area contributed by atoms with Crippen LogP contribution in [0.15, 0.2) is 29.1 Å². The highest BCUT2D eigenvalue weighted by Crippen LogP contribution is 2.25. The largest absolute Gasteiger partial charge is 0.480 e. The van der Waals surface area contributed by atoms with Gasteiger partial charge in [-0.25, -0.2) is 9.48 Å². The van der Waals surface area contributed by atoms with E-state index in [1.807, 2.05) is 20.8 Å². The van der Waals surface area contributed by atoms with E-state index in [9.17, 15) is 19.5 Å². The molecule has 0 spiro atoms. The minimum absolute atomic E-state index is 0.145. The Hall–Kier alpha value is -2.70. The van der Waals surface area contributed by atoms with Gasteiger partial charge in [-0.1, -0.05) is 39.0 Å². The molecule has 2 atom stereocenters. The van der Waals surface area contributed by atoms with Gasteiger partial charge in [-0.3, -0.25) is 9.59 Å². The van der Waals surface area contributed by atoms with Crippen molar-refractivity contribution in [1.29, 1.82) is 0 Å². The highest BCUT2D eigenvalue weighted by molar-refractivity contribution is 6.05. The Bertz CT molecular complexity index is 934. The molecule has 1 fully saturated rings. The predicted octanol–water partition coefficient (Wildman–Crippen LogP) is 2.38. The van der Waals surface area contributed by atoms with Crippen molar-refractivity contribution >= 4 is 22.6 Å². The molecule has 2 unspecified atom stereocenters. The second-order valence-corrected chi connectivity index (χ2v) is 7.76. The Morgan fingerprint density at radius 2 is 1.93 bits per heavy atom. The second kappa shape index (κ2) is 7.50. The van der Waals surface area contributed by atoms with Crippen LogP contribution in [0.4, 0.5) is 0 Å². The van der Waals surface area contributed by atoms with Crippen molar-refractivity contribution in [3.63, 3.8) is 0 Å². The number of hydrogen-bond acceptors (Lipinski definition) is 4. The van der Waals surface area contributed by atoms with Gasteiger partial charge in [0, 0.05) is 18.5 Å². The summed E-state index contributed by atoms with van der Waals surface area (Å²) in [6.07, 6.45) is 1.17. The molecule has 0 radical (unpaired) electrons. The molecule has 144 valence electrons. The highest BCUT2D eigenvalue weighted by atomic mass is 16.4. The van der Waals surface area contributed by atoms with E-state index in [0.29, 0.717) is 30.3 Å². The summed E-state index contributed by atoms with van der Waals surface area (Å²) in [6.45, 7) is 6.70. The standard InChI is InChI=1S/C20H25N3O4/c1-12(2)11-23-18(24)15-7-5-4-6-14(15)17(21-23)19(25)22-9-8-13(3)10-16(22)20(26)27/h4-7,12-13,16H,8-11H2,1-3H3,(H,26,27). The first-order valence-electron chi connectivity index (χ1n) is 9.33. The molecule has 1 aromatic carbocycles. The summed E-state index contributed by atoms with van der Waals surface area (Å²) >= 11 is 0. The summed E-state index contributed by atoms with van der Waals surface area (Å²) in [4.78, 5) is 39.1. The third kappa shape index (κ3) is 3.72. The maximum Gasteiger partial charge on any atom is 0.326 e. The van der Waals surface area contributed by atoms with Gasteiger partial charge in [-0.2, -0.15) is 5.10 Å². The van der Waals surface area contributed by atoms with Gasteiger partial charge in [0.25, 0.3) is 11.5 Å². The van der Waals surface area contributed by atoms with E-state index in [1.165, 1.54) is 9.58 Å². The van der Waals surface area contributed by atoms with Crippen molar-refractivity contribution in [3.8, 4) is 0 Å². The van der Waals surface area contributed by atoms with E-state index in [1.54, 1.807) is 24.3 Å². The molecule has 2 heterocycles. The number of aliphatic carboxylic acids is 1. The van der Waals surface area contributed by atoms with Crippen LogP contribution in [0.1, 0.15) is 44.1 Å². The number of aromatic nitrogens is 2. The number of likely N-dealkylation sites (tertiary alicyclic amines) is 1. The summed E-state index contributed by atoms with van der Waals surface area (Å²) in [5, 5.41) is 14.8. The van der Waals surface area contributed by atoms with Gasteiger partial charge in [0.1, 0.15) is 6.04 Å². The van der Waals surface area contributed by atoms with Crippen molar-refractivity contribution in [2.24, 2.45) is 11.8 Å². The number of amides is 1. The number of nitrogens with zero attached hydrogens (tertiary/aromatic N) is 3. The number of carboxylic acid groups (broad SMARTS) is 1. The maximum atomic E-state index is 13.3. The fraction of sp³-hybridized carbons (Fsp3) is 0.500. The molecule has 1 amide bonds. The molecule has 1 saturated heterocycles. The van der Waals surface area contributed by atoms with Crippen LogP contribution >= 0.6 is 0 Å². The Kier molecular flexibility index (Phi) is 5.30. The van der Waals surface area contributed by atoms with Crippen LogP contribution < -0.4 is 5.56 Å². The molecule has 3 rings (SSSR count). The average molecular weight is 371 g/mol. The van der Waals surface area contributed by atoms with Crippen molar-refractivity contribution in [3.05, 3.63) is 40.3 Å². The van der Waals surface area contributed by atoms with Crippen LogP contribution in [0.3, 0.4) is 0 Å². The van der Waals surface area contributed by atoms with Crippen LogP contribution in [-0.4, -0.2) is 44.3 Å². The van der Waals surface area contributed by atoms with Crippen LogP contribution in [0.5, 0.6) is 0 Å². The fourth-order valence-electron chi connectivity index (χ4n) is 3.62. The van der Waals surface area contributed by atoms with Gasteiger partial charge in [-0.15, -0.1) is 0 Å². The fourth-order valence-corrected chi connectivity index (χ4v) is 3.62. The number of hydrogen-bond donors (Lipinski definition) is 1. The predicted molar refractivity (Wildman–Crippen MR) is 102 cm³/mol. The van der Waals surface area contributed by atoms with E-state index in [2.05, 4.69) is 5.10 Å². The molecular formula is C20H25N3O4. The number of piperidine rings is 1. The van der Waals surface area contributed by atoms with Crippen LogP contribution in [0.25, 0.3) is 10.8 Å². The summed E-state index contributed by atoms with van der Waals surface area (Å²) < 4.78 is 1.32. The van der Waals surface area contributed by atoms with E-state index in [4.69, 9.17) is 0 Å². The Labute approximate surface area is 157 Å². The minimum Gasteiger partial charge on any atom is -0.480 e. The Morgan fingerprint density at radius 1 is 1.26 bits per heavy atom. The van der Waals surface area contributed by atoms with Gasteiger partial charge in [-0.05, 0) is 30.7 Å². The molecule has 2 aromatic rings. The van der Waals surface area contributed by atoms with Crippen LogP contribution in [-0.2, 0) is 11.3 Å². The molecule has 1 aliphatic heterocycles. The first-order chi connectivity index (χ1) is 12.8. The van der Waals surface area contributed by atoms with Gasteiger partial charge in [0.15, 0.2) is 5.69 Å². The Morgan fingerprint density at radius 3 is 2.56 bits per heavy atom. The third-order valence-electron chi connectivity index (χ3n) is 5.02. The molecule has 0 saturated carbocycles. The van der Waals surface area contributed by atoms with E-state index in [0.717, 1.165) is 6.42 Å². The summed E-state index contributed by atoms with van der Waals surface area (Å²) in [6, 6.07) is 6.01. The zero-order valence-corrected chi connectivity index (χ0v) is 15.9. The van der Waals surface area contributed by atoms with E-state index < -0.39 is 17.9 Å². The summed E-state index contributed by atoms with van der Waals surface area (Å²) in [5.41, 5.74) is -0.0930. The number of benzene rings is 1. The molecule has 0 bridgehead atoms. The lowest BCUT2D eigenvalue weighted by Gasteiger charge is -2.35. The molecule has 0 aliphatic carbocycles. The van der Waals surface area contributed by atoms with Crippen LogP contribution in [0, 0.1) is 11.8 Å². The molecule has 27 heavy (non-hydrogen) atoms. The molecular weight excluding hydrogens is 346 g/mol. The number of rotatable bonds is 4. The zero-order chi connectivity index (χ0) is 19.7. The first kappa shape index (κ1) is 19.1. The first-order valence-corrected chi connectivity index (χ1v) is 9.33. The lowest BCUT2D eigenvalue weighted by atomic mass is 9.92. The van der Waals surface area contributed by atoms with Crippen molar-refractivity contribution in [1.82, 2.24) is 14.7 Å². The minimum atomic E-state index is -1.00. The van der Waals surface area contributed by atoms with Crippen LogP contribution in [0.2, 0.25) is 0 Å². The molecule has 1 aromatic heterocycles. The quantitative estimate of drug-likeness (QED) is 0.891. The smallest absolute Gasteiger partial charge is 0.326 e. The highest BCUT2D eigenvalue weighted by Gasteiger charge is 2.36. The monoisotopic (exact) mass is 371 g/mol. The Balaban J connectivity index is 2.12. The SMILES string of the molecule is CC(C)Cn1nc(C(=O)N2CCC(C)CC2C(=O)O)c2ccccc2c1=O. The number of fused-ring (bicyclic) bond motifs is 1. The molecule has 1 N–H and O–H groups in total. The van der Waals surface area contributed by atoms with Gasteiger partial charge in [0.05, 0.1) is 5.39 Å². The number of carbonyl (C=O) groups is 2. The van der Waals surface area contributed by atoms with Gasteiger partial charge < -0.3 is 10.0 Å². The van der Waals surface area contributed by atoms with Gasteiger partial charge in [0.2, 0.25) is 0 Å². The normalized spacial score (nSPS) is 20.2. The molecule has 7 nitrogen and oxygen atoms in total. The molecule has 1 aliphatic rings. The summed E-state index contributed by atoms with van der Waals surface area (Å²) in [7, 11) is 0.